The van der Waals surface area contributed by atoms with Crippen molar-refractivity contribution in [3.63, 3.8) is 0 Å². The zero-order valence-electron chi connectivity index (χ0n) is 11.1. The minimum atomic E-state index is -0.105. The highest BCUT2D eigenvalue weighted by molar-refractivity contribution is 5.79. The van der Waals surface area contributed by atoms with E-state index in [0.29, 0.717) is 0 Å². The summed E-state index contributed by atoms with van der Waals surface area (Å²) in [6.07, 6.45) is 4.01. The molecule has 1 atom stereocenters. The topological polar surface area (TPSA) is 84.4 Å². The Kier molecular flexibility index (Phi) is 7.34. The number of rotatable bonds is 7. The van der Waals surface area contributed by atoms with Crippen LogP contribution >= 0.6 is 0 Å². The summed E-state index contributed by atoms with van der Waals surface area (Å²) in [5.74, 6) is 0.0910. The maximum atomic E-state index is 11.6. The minimum absolute atomic E-state index is 0.0910. The van der Waals surface area contributed by atoms with Crippen molar-refractivity contribution < 1.29 is 16.3 Å². The molecule has 7 N–H and O–H groups in total. The molecule has 0 saturated heterocycles. The molecule has 0 unspecified atom stereocenters. The maximum Gasteiger partial charge on any atom is 0.278 e. The highest BCUT2D eigenvalue weighted by Crippen LogP contribution is 2.16. The highest BCUT2D eigenvalue weighted by Gasteiger charge is 2.17. The number of unbranched alkanes of at least 4 members (excludes halogenated alkanes) is 1. The number of carbonyl (C=O) groups excluding carboxylic acids is 1. The predicted octanol–water partition coefficient (Wildman–Crippen LogP) is -0.438. The van der Waals surface area contributed by atoms with Gasteiger partial charge in [-0.1, -0.05) is 20.8 Å². The lowest BCUT2D eigenvalue weighted by molar-refractivity contribution is -0.406. The molecule has 0 aliphatic heterocycles. The Balaban J connectivity index is 3.63. The third-order valence-corrected chi connectivity index (χ3v) is 2.60. The van der Waals surface area contributed by atoms with Gasteiger partial charge in [0.25, 0.3) is 5.91 Å². The largest absolute Gasteiger partial charge is 0.358 e. The van der Waals surface area contributed by atoms with Crippen LogP contribution < -0.4 is 16.8 Å². The first-order chi connectivity index (χ1) is 7.37. The second-order valence-corrected chi connectivity index (χ2v) is 5.65. The van der Waals surface area contributed by atoms with Crippen molar-refractivity contribution >= 4 is 5.91 Å². The summed E-state index contributed by atoms with van der Waals surface area (Å²) in [4.78, 5) is 11.6. The Bertz CT molecular complexity index is 199. The van der Waals surface area contributed by atoms with Gasteiger partial charge in [-0.2, -0.15) is 0 Å². The lowest BCUT2D eigenvalue weighted by Gasteiger charge is -2.18. The van der Waals surface area contributed by atoms with Crippen LogP contribution in [0.3, 0.4) is 0 Å². The van der Waals surface area contributed by atoms with Gasteiger partial charge in [-0.3, -0.25) is 4.79 Å². The number of nitrogens with one attached hydrogen (secondary N) is 1. The third-order valence-electron chi connectivity index (χ3n) is 2.60. The predicted molar refractivity (Wildman–Crippen MR) is 65.4 cm³/mol. The molecule has 0 aromatic carbocycles. The van der Waals surface area contributed by atoms with Crippen LogP contribution in [0.2, 0.25) is 0 Å². The molecule has 0 aliphatic carbocycles. The maximum absolute atomic E-state index is 11.6. The molecule has 0 saturated carbocycles. The van der Waals surface area contributed by atoms with Gasteiger partial charge in [0.1, 0.15) is 0 Å². The van der Waals surface area contributed by atoms with Gasteiger partial charge in [0.2, 0.25) is 0 Å². The molecule has 0 spiro atoms. The summed E-state index contributed by atoms with van der Waals surface area (Å²) in [7, 11) is 0. The van der Waals surface area contributed by atoms with Crippen LogP contribution in [-0.2, 0) is 4.79 Å². The lowest BCUT2D eigenvalue weighted by Crippen LogP contribution is -2.67. The van der Waals surface area contributed by atoms with E-state index in [1.807, 2.05) is 0 Å². The molecule has 0 rings (SSSR count). The smallest absolute Gasteiger partial charge is 0.278 e. The van der Waals surface area contributed by atoms with Gasteiger partial charge in [-0.05, 0) is 24.7 Å². The van der Waals surface area contributed by atoms with E-state index in [0.717, 1.165) is 38.8 Å². The zero-order valence-corrected chi connectivity index (χ0v) is 11.1. The van der Waals surface area contributed by atoms with Gasteiger partial charge in [0, 0.05) is 13.0 Å². The van der Waals surface area contributed by atoms with Gasteiger partial charge in [-0.15, -0.1) is 0 Å². The van der Waals surface area contributed by atoms with Crippen LogP contribution in [-0.4, -0.2) is 25.0 Å². The normalized spacial score (nSPS) is 13.6. The monoisotopic (exact) mass is 231 g/mol. The first-order valence-electron chi connectivity index (χ1n) is 6.27. The Hall–Kier alpha value is -0.610. The van der Waals surface area contributed by atoms with Crippen molar-refractivity contribution in [3.8, 4) is 0 Å². The summed E-state index contributed by atoms with van der Waals surface area (Å²) in [6, 6.07) is -0.105. The molecular weight excluding hydrogens is 202 g/mol. The quantitative estimate of drug-likeness (QED) is 0.510. The summed E-state index contributed by atoms with van der Waals surface area (Å²) in [5, 5.41) is 2.95. The number of hydrogen-bond acceptors (Lipinski definition) is 1. The van der Waals surface area contributed by atoms with Crippen LogP contribution in [0.15, 0.2) is 0 Å². The average Bonchev–Trinajstić information content (AvgIpc) is 2.15. The summed E-state index contributed by atoms with van der Waals surface area (Å²) in [6.45, 7) is 8.22. The molecule has 1 amide bonds. The Morgan fingerprint density at radius 3 is 2.44 bits per heavy atom. The number of carbonyl (C=O) groups is 1. The zero-order chi connectivity index (χ0) is 12.6. The first kappa shape index (κ1) is 15.4. The molecule has 4 nitrogen and oxygen atoms in total. The van der Waals surface area contributed by atoms with Crippen molar-refractivity contribution in [2.24, 2.45) is 5.41 Å². The van der Waals surface area contributed by atoms with Crippen molar-refractivity contribution in [2.45, 2.75) is 52.5 Å². The van der Waals surface area contributed by atoms with E-state index < -0.39 is 0 Å². The molecule has 96 valence electrons. The Morgan fingerprint density at radius 1 is 1.31 bits per heavy atom. The Morgan fingerprint density at radius 2 is 1.94 bits per heavy atom. The summed E-state index contributed by atoms with van der Waals surface area (Å²) < 4.78 is 0. The fourth-order valence-corrected chi connectivity index (χ4v) is 1.40. The summed E-state index contributed by atoms with van der Waals surface area (Å²) in [5.41, 5.74) is 7.95. The molecular formula is C12H29N3O+2. The van der Waals surface area contributed by atoms with Crippen LogP contribution in [0.25, 0.3) is 0 Å². The van der Waals surface area contributed by atoms with Crippen molar-refractivity contribution in [1.82, 2.24) is 5.32 Å². The van der Waals surface area contributed by atoms with Gasteiger partial charge in [0.15, 0.2) is 6.04 Å². The average molecular weight is 231 g/mol. The first-order valence-corrected chi connectivity index (χ1v) is 6.27. The van der Waals surface area contributed by atoms with Crippen molar-refractivity contribution in [2.75, 3.05) is 13.1 Å². The fourth-order valence-electron chi connectivity index (χ4n) is 1.40. The molecule has 0 aliphatic rings. The van der Waals surface area contributed by atoms with Gasteiger partial charge in [0.05, 0.1) is 6.54 Å². The van der Waals surface area contributed by atoms with E-state index in [4.69, 9.17) is 0 Å². The van der Waals surface area contributed by atoms with Crippen LogP contribution in [0.1, 0.15) is 46.5 Å². The SMILES string of the molecule is CC(C)(C)CCNC(=O)[C@H]([NH3+])CCCC[NH3+]. The van der Waals surface area contributed by atoms with Crippen molar-refractivity contribution in [3.05, 3.63) is 0 Å². The highest BCUT2D eigenvalue weighted by atomic mass is 16.2. The molecule has 0 bridgehead atoms. The second kappa shape index (κ2) is 7.63. The second-order valence-electron chi connectivity index (χ2n) is 5.65. The number of hydrogen-bond donors (Lipinski definition) is 3. The van der Waals surface area contributed by atoms with Gasteiger partial charge in [-0.25, -0.2) is 0 Å². The standard InChI is InChI=1S/C12H27N3O/c1-12(2,3)7-9-15-11(16)10(14)6-4-5-8-13/h10H,4-9,13-14H2,1-3H3,(H,15,16)/p+2/t10-/m1/s1. The fraction of sp³-hybridized carbons (Fsp3) is 0.917. The molecule has 0 aromatic heterocycles. The van der Waals surface area contributed by atoms with E-state index in [1.54, 1.807) is 0 Å². The van der Waals surface area contributed by atoms with E-state index in [1.165, 1.54) is 0 Å². The van der Waals surface area contributed by atoms with Crippen molar-refractivity contribution in [1.29, 1.82) is 0 Å². The molecule has 0 heterocycles. The number of amides is 1. The van der Waals surface area contributed by atoms with E-state index in [-0.39, 0.29) is 17.4 Å². The Labute approximate surface area is 99.1 Å². The van der Waals surface area contributed by atoms with Gasteiger partial charge >= 0.3 is 0 Å². The van der Waals surface area contributed by atoms with E-state index in [2.05, 4.69) is 37.6 Å². The molecule has 16 heavy (non-hydrogen) atoms. The minimum Gasteiger partial charge on any atom is -0.358 e. The molecule has 0 radical (unpaired) electrons. The summed E-state index contributed by atoms with van der Waals surface area (Å²) >= 11 is 0. The third kappa shape index (κ3) is 8.68. The van der Waals surface area contributed by atoms with Crippen LogP contribution in [0, 0.1) is 5.41 Å². The van der Waals surface area contributed by atoms with Gasteiger partial charge < -0.3 is 16.8 Å². The molecule has 0 aromatic rings. The lowest BCUT2D eigenvalue weighted by atomic mass is 9.92. The number of quaternary nitrogens is 2. The van der Waals surface area contributed by atoms with E-state index >= 15 is 0 Å². The van der Waals surface area contributed by atoms with E-state index in [9.17, 15) is 4.79 Å². The molecule has 4 heteroatoms. The molecule has 0 fully saturated rings. The van der Waals surface area contributed by atoms with Crippen LogP contribution in [0.4, 0.5) is 0 Å². The van der Waals surface area contributed by atoms with Crippen LogP contribution in [0.5, 0.6) is 0 Å².